The average Bonchev–Trinajstić information content (AvgIpc) is 2.54. The number of aromatic nitrogens is 1. The molecule has 0 fully saturated rings. The summed E-state index contributed by atoms with van der Waals surface area (Å²) in [6.07, 6.45) is 2.22. The summed E-state index contributed by atoms with van der Waals surface area (Å²) in [6.45, 7) is 3.89. The summed E-state index contributed by atoms with van der Waals surface area (Å²) in [6, 6.07) is 10.4. The zero-order valence-corrected chi connectivity index (χ0v) is 13.2. The van der Waals surface area contributed by atoms with Gasteiger partial charge in [-0.05, 0) is 42.2 Å². The van der Waals surface area contributed by atoms with Gasteiger partial charge in [0.1, 0.15) is 5.69 Å². The largest absolute Gasteiger partial charge is 0.481 e. The van der Waals surface area contributed by atoms with Crippen molar-refractivity contribution in [1.29, 1.82) is 0 Å². The van der Waals surface area contributed by atoms with Gasteiger partial charge in [0.2, 0.25) is 0 Å². The fourth-order valence-corrected chi connectivity index (χ4v) is 2.44. The second kappa shape index (κ2) is 7.54. The van der Waals surface area contributed by atoms with Gasteiger partial charge in [0.25, 0.3) is 5.91 Å². The van der Waals surface area contributed by atoms with E-state index in [0.29, 0.717) is 5.69 Å². The molecule has 1 atom stereocenters. The molecule has 120 valence electrons. The van der Waals surface area contributed by atoms with Crippen molar-refractivity contribution in [2.24, 2.45) is 0 Å². The molecule has 0 radical (unpaired) electrons. The predicted octanol–water partition coefficient (Wildman–Crippen LogP) is 2.90. The number of carboxylic acid groups (broad SMARTS) is 1. The minimum Gasteiger partial charge on any atom is -0.481 e. The van der Waals surface area contributed by atoms with E-state index in [1.54, 1.807) is 12.3 Å². The lowest BCUT2D eigenvalue weighted by Gasteiger charge is -2.19. The van der Waals surface area contributed by atoms with Gasteiger partial charge in [-0.2, -0.15) is 0 Å². The summed E-state index contributed by atoms with van der Waals surface area (Å²) >= 11 is 0. The molecule has 2 rings (SSSR count). The Balaban J connectivity index is 2.25. The third-order valence-electron chi connectivity index (χ3n) is 3.71. The number of pyridine rings is 1. The topological polar surface area (TPSA) is 79.3 Å². The van der Waals surface area contributed by atoms with E-state index in [2.05, 4.69) is 10.3 Å². The summed E-state index contributed by atoms with van der Waals surface area (Å²) in [5.74, 6) is -1.33. The van der Waals surface area contributed by atoms with Crippen LogP contribution in [0.15, 0.2) is 42.6 Å². The molecule has 2 N–H and O–H groups in total. The van der Waals surface area contributed by atoms with E-state index < -0.39 is 12.0 Å². The predicted molar refractivity (Wildman–Crippen MR) is 87.3 cm³/mol. The second-order valence-electron chi connectivity index (χ2n) is 5.38. The van der Waals surface area contributed by atoms with E-state index >= 15 is 0 Å². The quantitative estimate of drug-likeness (QED) is 0.859. The molecule has 0 bridgehead atoms. The van der Waals surface area contributed by atoms with Crippen LogP contribution in [0, 0.1) is 6.92 Å². The SMILES string of the molecule is CCc1ccnc(C(=O)N[C@@H](CC(=O)O)c2ccccc2C)c1. The smallest absolute Gasteiger partial charge is 0.305 e. The van der Waals surface area contributed by atoms with Crippen LogP contribution in [0.25, 0.3) is 0 Å². The number of carbonyl (C=O) groups excluding carboxylic acids is 1. The third-order valence-corrected chi connectivity index (χ3v) is 3.71. The summed E-state index contributed by atoms with van der Waals surface area (Å²) < 4.78 is 0. The molecule has 0 aliphatic carbocycles. The molecule has 5 heteroatoms. The maximum absolute atomic E-state index is 12.4. The van der Waals surface area contributed by atoms with Crippen LogP contribution in [-0.4, -0.2) is 22.0 Å². The number of amides is 1. The number of carboxylic acids is 1. The Labute approximate surface area is 135 Å². The van der Waals surface area contributed by atoms with Gasteiger partial charge in [-0.1, -0.05) is 31.2 Å². The third kappa shape index (κ3) is 4.39. The normalized spacial score (nSPS) is 11.7. The summed E-state index contributed by atoms with van der Waals surface area (Å²) in [5, 5.41) is 11.9. The van der Waals surface area contributed by atoms with E-state index in [-0.39, 0.29) is 12.3 Å². The van der Waals surface area contributed by atoms with Crippen LogP contribution in [-0.2, 0) is 11.2 Å². The Kier molecular flexibility index (Phi) is 5.46. The number of hydrogen-bond acceptors (Lipinski definition) is 3. The highest BCUT2D eigenvalue weighted by Crippen LogP contribution is 2.21. The highest BCUT2D eigenvalue weighted by Gasteiger charge is 2.20. The second-order valence-corrected chi connectivity index (χ2v) is 5.38. The zero-order chi connectivity index (χ0) is 16.8. The highest BCUT2D eigenvalue weighted by molar-refractivity contribution is 5.93. The molecule has 0 saturated heterocycles. The molecule has 2 aromatic rings. The van der Waals surface area contributed by atoms with Gasteiger partial charge in [0.15, 0.2) is 0 Å². The number of aliphatic carboxylic acids is 1. The van der Waals surface area contributed by atoms with Crippen LogP contribution in [0.1, 0.15) is 46.6 Å². The van der Waals surface area contributed by atoms with Crippen LogP contribution < -0.4 is 5.32 Å². The Hall–Kier alpha value is -2.69. The summed E-state index contributed by atoms with van der Waals surface area (Å²) in [4.78, 5) is 27.6. The number of hydrogen-bond donors (Lipinski definition) is 2. The van der Waals surface area contributed by atoms with Crippen LogP contribution in [0.5, 0.6) is 0 Å². The van der Waals surface area contributed by atoms with Crippen LogP contribution >= 0.6 is 0 Å². The number of aryl methyl sites for hydroxylation is 2. The van der Waals surface area contributed by atoms with Crippen LogP contribution in [0.2, 0.25) is 0 Å². The molecule has 0 aliphatic heterocycles. The molecule has 0 spiro atoms. The minimum absolute atomic E-state index is 0.177. The minimum atomic E-state index is -0.964. The number of rotatable bonds is 6. The number of benzene rings is 1. The average molecular weight is 312 g/mol. The monoisotopic (exact) mass is 312 g/mol. The molecule has 1 aromatic carbocycles. The van der Waals surface area contributed by atoms with Crippen molar-refractivity contribution in [2.75, 3.05) is 0 Å². The van der Waals surface area contributed by atoms with Crippen molar-refractivity contribution in [3.63, 3.8) is 0 Å². The summed E-state index contributed by atoms with van der Waals surface area (Å²) in [5.41, 5.74) is 3.05. The molecular formula is C18H20N2O3. The molecular weight excluding hydrogens is 292 g/mol. The molecule has 0 aliphatic rings. The van der Waals surface area contributed by atoms with Crippen molar-refractivity contribution in [1.82, 2.24) is 10.3 Å². The summed E-state index contributed by atoms with van der Waals surface area (Å²) in [7, 11) is 0. The molecule has 1 heterocycles. The van der Waals surface area contributed by atoms with Gasteiger partial charge in [0, 0.05) is 6.20 Å². The van der Waals surface area contributed by atoms with Gasteiger partial charge in [-0.15, -0.1) is 0 Å². The first-order valence-electron chi connectivity index (χ1n) is 7.54. The Bertz CT molecular complexity index is 713. The van der Waals surface area contributed by atoms with Crippen LogP contribution in [0.4, 0.5) is 0 Å². The van der Waals surface area contributed by atoms with Crippen molar-refractivity contribution >= 4 is 11.9 Å². The van der Waals surface area contributed by atoms with Crippen molar-refractivity contribution < 1.29 is 14.7 Å². The molecule has 1 aromatic heterocycles. The van der Waals surface area contributed by atoms with E-state index in [0.717, 1.165) is 23.1 Å². The molecule has 1 amide bonds. The first kappa shape index (κ1) is 16.7. The van der Waals surface area contributed by atoms with Crippen LogP contribution in [0.3, 0.4) is 0 Å². The van der Waals surface area contributed by atoms with Gasteiger partial charge in [-0.25, -0.2) is 0 Å². The fraction of sp³-hybridized carbons (Fsp3) is 0.278. The van der Waals surface area contributed by atoms with E-state index in [4.69, 9.17) is 5.11 Å². The first-order valence-corrected chi connectivity index (χ1v) is 7.54. The molecule has 23 heavy (non-hydrogen) atoms. The Morgan fingerprint density at radius 2 is 2.00 bits per heavy atom. The van der Waals surface area contributed by atoms with Gasteiger partial charge < -0.3 is 10.4 Å². The zero-order valence-electron chi connectivity index (χ0n) is 13.2. The Morgan fingerprint density at radius 1 is 1.26 bits per heavy atom. The maximum Gasteiger partial charge on any atom is 0.305 e. The molecule has 0 saturated carbocycles. The lowest BCUT2D eigenvalue weighted by molar-refractivity contribution is -0.137. The first-order chi connectivity index (χ1) is 11.0. The lowest BCUT2D eigenvalue weighted by atomic mass is 9.98. The highest BCUT2D eigenvalue weighted by atomic mass is 16.4. The lowest BCUT2D eigenvalue weighted by Crippen LogP contribution is -2.31. The number of nitrogens with zero attached hydrogens (tertiary/aromatic N) is 1. The van der Waals surface area contributed by atoms with E-state index in [1.807, 2.05) is 44.2 Å². The van der Waals surface area contributed by atoms with Gasteiger partial charge in [-0.3, -0.25) is 14.6 Å². The number of carbonyl (C=O) groups is 2. The number of nitrogens with one attached hydrogen (secondary N) is 1. The van der Waals surface area contributed by atoms with Crippen molar-refractivity contribution in [2.45, 2.75) is 32.7 Å². The standard InChI is InChI=1S/C18H20N2O3/c1-3-13-8-9-19-16(10-13)18(23)20-15(11-17(21)22)14-7-5-4-6-12(14)2/h4-10,15H,3,11H2,1-2H3,(H,20,23)(H,21,22)/t15-/m0/s1. The molecule has 0 unspecified atom stereocenters. The van der Waals surface area contributed by atoms with E-state index in [1.165, 1.54) is 0 Å². The maximum atomic E-state index is 12.4. The van der Waals surface area contributed by atoms with E-state index in [9.17, 15) is 9.59 Å². The molecule has 5 nitrogen and oxygen atoms in total. The van der Waals surface area contributed by atoms with Crippen molar-refractivity contribution in [3.8, 4) is 0 Å². The Morgan fingerprint density at radius 3 is 2.65 bits per heavy atom. The van der Waals surface area contributed by atoms with Gasteiger partial charge >= 0.3 is 5.97 Å². The van der Waals surface area contributed by atoms with Crippen molar-refractivity contribution in [3.05, 3.63) is 65.0 Å². The van der Waals surface area contributed by atoms with Gasteiger partial charge in [0.05, 0.1) is 12.5 Å². The fourth-order valence-electron chi connectivity index (χ4n) is 2.44.